The average Bonchev–Trinajstić information content (AvgIpc) is 2.94. The van der Waals surface area contributed by atoms with Gasteiger partial charge in [0.05, 0.1) is 10.2 Å². The van der Waals surface area contributed by atoms with Crippen molar-refractivity contribution in [3.8, 4) is 0 Å². The second-order valence-electron chi connectivity index (χ2n) is 5.10. The number of rotatable bonds is 3. The predicted octanol–water partition coefficient (Wildman–Crippen LogP) is 1.72. The summed E-state index contributed by atoms with van der Waals surface area (Å²) in [6, 6.07) is 0. The summed E-state index contributed by atoms with van der Waals surface area (Å²) in [5, 5.41) is 7.07. The summed E-state index contributed by atoms with van der Waals surface area (Å²) in [5.74, 6) is 0.723. The summed E-state index contributed by atoms with van der Waals surface area (Å²) in [6.45, 7) is 6.28. The summed E-state index contributed by atoms with van der Waals surface area (Å²) in [5.41, 5.74) is 7.09. The molecule has 2 rings (SSSR count). The van der Waals surface area contributed by atoms with Gasteiger partial charge in [0.2, 0.25) is 0 Å². The summed E-state index contributed by atoms with van der Waals surface area (Å²) in [6.07, 6.45) is 0.987. The van der Waals surface area contributed by atoms with Crippen LogP contribution in [0.3, 0.4) is 0 Å². The fraction of sp³-hybridized carbons (Fsp3) is 0.667. The Hall–Kier alpha value is -0.880. The summed E-state index contributed by atoms with van der Waals surface area (Å²) < 4.78 is 0.790. The van der Waals surface area contributed by atoms with E-state index in [1.807, 2.05) is 4.90 Å². The number of H-pyrrole nitrogens is 1. The van der Waals surface area contributed by atoms with Gasteiger partial charge in [0.25, 0.3) is 5.91 Å². The Labute approximate surface area is 115 Å². The van der Waals surface area contributed by atoms with Gasteiger partial charge in [0.15, 0.2) is 5.69 Å². The maximum Gasteiger partial charge on any atom is 0.275 e. The molecule has 18 heavy (non-hydrogen) atoms. The fourth-order valence-electron chi connectivity index (χ4n) is 2.23. The van der Waals surface area contributed by atoms with E-state index >= 15 is 0 Å². The SMILES string of the molecule is CC(C)c1[nH]nc(C(=O)N2CCC(CN)C2)c1Br. The van der Waals surface area contributed by atoms with Crippen LogP contribution in [0.25, 0.3) is 0 Å². The minimum atomic E-state index is -0.0130. The number of aromatic nitrogens is 2. The molecule has 1 unspecified atom stereocenters. The molecule has 5 nitrogen and oxygen atoms in total. The van der Waals surface area contributed by atoms with Crippen LogP contribution in [0.5, 0.6) is 0 Å². The molecule has 1 fully saturated rings. The fourth-order valence-corrected chi connectivity index (χ4v) is 3.03. The molecule has 1 aromatic rings. The molecular weight excluding hydrogens is 296 g/mol. The van der Waals surface area contributed by atoms with E-state index in [1.54, 1.807) is 0 Å². The number of hydrogen-bond donors (Lipinski definition) is 2. The first-order valence-electron chi connectivity index (χ1n) is 6.27. The molecule has 0 aromatic carbocycles. The number of nitrogens with zero attached hydrogens (tertiary/aromatic N) is 2. The molecule has 1 saturated heterocycles. The lowest BCUT2D eigenvalue weighted by molar-refractivity contribution is 0.0781. The van der Waals surface area contributed by atoms with Gasteiger partial charge in [-0.2, -0.15) is 5.10 Å². The molecular formula is C12H19BrN4O. The standard InChI is InChI=1S/C12H19BrN4O/c1-7(2)10-9(13)11(16-15-10)12(18)17-4-3-8(5-14)6-17/h7-8H,3-6,14H2,1-2H3,(H,15,16). The lowest BCUT2D eigenvalue weighted by atomic mass is 10.1. The third kappa shape index (κ3) is 2.44. The molecule has 1 atom stereocenters. The monoisotopic (exact) mass is 314 g/mol. The van der Waals surface area contributed by atoms with Crippen molar-refractivity contribution in [2.24, 2.45) is 11.7 Å². The zero-order valence-corrected chi connectivity index (χ0v) is 12.3. The van der Waals surface area contributed by atoms with Crippen molar-refractivity contribution in [1.29, 1.82) is 0 Å². The number of nitrogens with one attached hydrogen (secondary N) is 1. The number of amides is 1. The molecule has 0 spiro atoms. The zero-order chi connectivity index (χ0) is 13.3. The van der Waals surface area contributed by atoms with Crippen LogP contribution in [0.1, 0.15) is 42.4 Å². The van der Waals surface area contributed by atoms with Gasteiger partial charge < -0.3 is 10.6 Å². The van der Waals surface area contributed by atoms with E-state index in [-0.39, 0.29) is 5.91 Å². The normalized spacial score (nSPS) is 19.8. The van der Waals surface area contributed by atoms with E-state index < -0.39 is 0 Å². The zero-order valence-electron chi connectivity index (χ0n) is 10.7. The molecule has 100 valence electrons. The van der Waals surface area contributed by atoms with Crippen molar-refractivity contribution in [1.82, 2.24) is 15.1 Å². The Kier molecular flexibility index (Phi) is 4.07. The molecule has 0 aliphatic carbocycles. The van der Waals surface area contributed by atoms with E-state index in [2.05, 4.69) is 40.0 Å². The van der Waals surface area contributed by atoms with Gasteiger partial charge >= 0.3 is 0 Å². The number of carbonyl (C=O) groups is 1. The van der Waals surface area contributed by atoms with Gasteiger partial charge in [0, 0.05) is 13.1 Å². The number of carbonyl (C=O) groups excluding carboxylic acids is 1. The van der Waals surface area contributed by atoms with E-state index in [9.17, 15) is 4.79 Å². The Balaban J connectivity index is 2.15. The Morgan fingerprint density at radius 2 is 2.39 bits per heavy atom. The summed E-state index contributed by atoms with van der Waals surface area (Å²) in [4.78, 5) is 14.2. The highest BCUT2D eigenvalue weighted by molar-refractivity contribution is 9.10. The van der Waals surface area contributed by atoms with Crippen molar-refractivity contribution >= 4 is 21.8 Å². The van der Waals surface area contributed by atoms with E-state index in [0.717, 1.165) is 29.7 Å². The Morgan fingerprint density at radius 1 is 1.67 bits per heavy atom. The molecule has 6 heteroatoms. The smallest absolute Gasteiger partial charge is 0.275 e. The van der Waals surface area contributed by atoms with Gasteiger partial charge in [-0.05, 0) is 40.7 Å². The van der Waals surface area contributed by atoms with Crippen LogP contribution in [0.15, 0.2) is 4.47 Å². The number of hydrogen-bond acceptors (Lipinski definition) is 3. The number of likely N-dealkylation sites (tertiary alicyclic amines) is 1. The first kappa shape index (κ1) is 13.5. The van der Waals surface area contributed by atoms with Gasteiger partial charge in [-0.15, -0.1) is 0 Å². The molecule has 0 radical (unpaired) electrons. The second kappa shape index (κ2) is 5.40. The first-order chi connectivity index (χ1) is 8.54. The van der Waals surface area contributed by atoms with Gasteiger partial charge in [0.1, 0.15) is 0 Å². The van der Waals surface area contributed by atoms with Crippen LogP contribution in [0, 0.1) is 5.92 Å². The Morgan fingerprint density at radius 3 is 2.89 bits per heavy atom. The van der Waals surface area contributed by atoms with Crippen molar-refractivity contribution in [3.05, 3.63) is 15.9 Å². The lowest BCUT2D eigenvalue weighted by Gasteiger charge is -2.15. The quantitative estimate of drug-likeness (QED) is 0.892. The minimum Gasteiger partial charge on any atom is -0.337 e. The summed E-state index contributed by atoms with van der Waals surface area (Å²) >= 11 is 3.47. The topological polar surface area (TPSA) is 75.0 Å². The third-order valence-corrected chi connectivity index (χ3v) is 4.22. The lowest BCUT2D eigenvalue weighted by Crippen LogP contribution is -2.30. The van der Waals surface area contributed by atoms with Crippen LogP contribution < -0.4 is 5.73 Å². The van der Waals surface area contributed by atoms with E-state index in [4.69, 9.17) is 5.73 Å². The average molecular weight is 315 g/mol. The van der Waals surface area contributed by atoms with Crippen molar-refractivity contribution in [3.63, 3.8) is 0 Å². The molecule has 3 N–H and O–H groups in total. The predicted molar refractivity (Wildman–Crippen MR) is 73.4 cm³/mol. The van der Waals surface area contributed by atoms with Crippen LogP contribution in [-0.2, 0) is 0 Å². The molecule has 1 aliphatic heterocycles. The largest absolute Gasteiger partial charge is 0.337 e. The van der Waals surface area contributed by atoms with E-state index in [0.29, 0.717) is 24.1 Å². The second-order valence-corrected chi connectivity index (χ2v) is 5.89. The molecule has 1 aliphatic rings. The van der Waals surface area contributed by atoms with Gasteiger partial charge in [-0.3, -0.25) is 9.89 Å². The van der Waals surface area contributed by atoms with E-state index in [1.165, 1.54) is 0 Å². The number of nitrogens with two attached hydrogens (primary N) is 1. The van der Waals surface area contributed by atoms with Crippen LogP contribution in [0.4, 0.5) is 0 Å². The molecule has 0 bridgehead atoms. The van der Waals surface area contributed by atoms with Gasteiger partial charge in [-0.1, -0.05) is 13.8 Å². The number of halogens is 1. The first-order valence-corrected chi connectivity index (χ1v) is 7.07. The summed E-state index contributed by atoms with van der Waals surface area (Å²) in [7, 11) is 0. The third-order valence-electron chi connectivity index (χ3n) is 3.42. The molecule has 0 saturated carbocycles. The van der Waals surface area contributed by atoms with Crippen molar-refractivity contribution in [2.75, 3.05) is 19.6 Å². The van der Waals surface area contributed by atoms with Crippen LogP contribution in [0.2, 0.25) is 0 Å². The highest BCUT2D eigenvalue weighted by Gasteiger charge is 2.29. The highest BCUT2D eigenvalue weighted by Crippen LogP contribution is 2.27. The van der Waals surface area contributed by atoms with Crippen molar-refractivity contribution < 1.29 is 4.79 Å². The van der Waals surface area contributed by atoms with Crippen LogP contribution >= 0.6 is 15.9 Å². The highest BCUT2D eigenvalue weighted by atomic mass is 79.9. The number of aromatic amines is 1. The van der Waals surface area contributed by atoms with Crippen LogP contribution in [-0.4, -0.2) is 40.6 Å². The maximum absolute atomic E-state index is 12.3. The van der Waals surface area contributed by atoms with Gasteiger partial charge in [-0.25, -0.2) is 0 Å². The molecule has 1 amide bonds. The molecule has 2 heterocycles. The van der Waals surface area contributed by atoms with Crippen molar-refractivity contribution in [2.45, 2.75) is 26.2 Å². The maximum atomic E-state index is 12.3. The Bertz CT molecular complexity index is 443. The minimum absolute atomic E-state index is 0.0130. The molecule has 1 aromatic heterocycles.